The molecule has 2 amide bonds. The van der Waals surface area contributed by atoms with Crippen LogP contribution >= 0.6 is 15.9 Å². The molecule has 1 aliphatic heterocycles. The highest BCUT2D eigenvalue weighted by Gasteiger charge is 2.30. The van der Waals surface area contributed by atoms with Gasteiger partial charge in [-0.05, 0) is 34.1 Å². The Bertz CT molecular complexity index is 562. The van der Waals surface area contributed by atoms with Crippen LogP contribution < -0.4 is 16.0 Å². The maximum Gasteiger partial charge on any atom is 0.248 e. The summed E-state index contributed by atoms with van der Waals surface area (Å²) >= 11 is 3.47. The molecule has 3 N–H and O–H groups in total. The van der Waals surface area contributed by atoms with Crippen LogP contribution in [0.4, 0.5) is 5.69 Å². The lowest BCUT2D eigenvalue weighted by atomic mass is 10.1. The number of nitrogens with zero attached hydrogens (tertiary/aromatic N) is 2. The molecule has 0 saturated carbocycles. The van der Waals surface area contributed by atoms with Crippen LogP contribution in [-0.4, -0.2) is 56.5 Å². The Morgan fingerprint density at radius 2 is 2.14 bits per heavy atom. The quantitative estimate of drug-likeness (QED) is 0.824. The average molecular weight is 355 g/mol. The highest BCUT2D eigenvalue weighted by atomic mass is 79.9. The van der Waals surface area contributed by atoms with Gasteiger partial charge < -0.3 is 20.9 Å². The maximum absolute atomic E-state index is 12.3. The number of hydrogen-bond acceptors (Lipinski definition) is 4. The summed E-state index contributed by atoms with van der Waals surface area (Å²) in [5.41, 5.74) is 6.61. The van der Waals surface area contributed by atoms with Crippen molar-refractivity contribution < 1.29 is 9.59 Å². The number of piperazine rings is 1. The van der Waals surface area contributed by atoms with Crippen molar-refractivity contribution in [3.8, 4) is 0 Å². The first kappa shape index (κ1) is 15.8. The third-order valence-corrected chi connectivity index (χ3v) is 4.15. The van der Waals surface area contributed by atoms with Crippen molar-refractivity contribution in [2.75, 3.05) is 38.6 Å². The zero-order valence-electron chi connectivity index (χ0n) is 12.1. The number of carbonyl (C=O) groups is 2. The number of nitrogens with two attached hydrogens (primary N) is 1. The predicted octanol–water partition coefficient (Wildman–Crippen LogP) is 0.414. The van der Waals surface area contributed by atoms with Crippen LogP contribution in [0.3, 0.4) is 0 Å². The number of amides is 2. The van der Waals surface area contributed by atoms with Crippen LogP contribution in [0.5, 0.6) is 0 Å². The molecule has 0 radical (unpaired) electrons. The zero-order chi connectivity index (χ0) is 15.6. The predicted molar refractivity (Wildman–Crippen MR) is 85.4 cm³/mol. The third-order valence-electron chi connectivity index (χ3n) is 3.51. The van der Waals surface area contributed by atoms with Crippen LogP contribution in [0.15, 0.2) is 22.7 Å². The molecule has 6 nitrogen and oxygen atoms in total. The average Bonchev–Trinajstić information content (AvgIpc) is 2.46. The van der Waals surface area contributed by atoms with Crippen LogP contribution in [0.25, 0.3) is 0 Å². The molecule has 2 rings (SSSR count). The fraction of sp³-hybridized carbons (Fsp3) is 0.429. The van der Waals surface area contributed by atoms with Gasteiger partial charge in [-0.15, -0.1) is 0 Å². The minimum Gasteiger partial charge on any atom is -0.366 e. The molecule has 1 aromatic rings. The van der Waals surface area contributed by atoms with Crippen molar-refractivity contribution in [3.63, 3.8) is 0 Å². The lowest BCUT2D eigenvalue weighted by molar-refractivity contribution is -0.130. The summed E-state index contributed by atoms with van der Waals surface area (Å²) in [7, 11) is 3.50. The van der Waals surface area contributed by atoms with E-state index in [0.717, 1.165) is 23.2 Å². The van der Waals surface area contributed by atoms with Gasteiger partial charge in [-0.1, -0.05) is 0 Å². The van der Waals surface area contributed by atoms with Gasteiger partial charge in [-0.3, -0.25) is 9.59 Å². The second-order valence-corrected chi connectivity index (χ2v) is 6.03. The van der Waals surface area contributed by atoms with Gasteiger partial charge in [0.25, 0.3) is 0 Å². The number of carbonyl (C=O) groups excluding carboxylic acids is 2. The smallest absolute Gasteiger partial charge is 0.248 e. The number of benzene rings is 1. The van der Waals surface area contributed by atoms with Crippen LogP contribution in [0.1, 0.15) is 10.4 Å². The van der Waals surface area contributed by atoms with Gasteiger partial charge in [0.2, 0.25) is 11.8 Å². The summed E-state index contributed by atoms with van der Waals surface area (Å²) in [6, 6.07) is 4.94. The van der Waals surface area contributed by atoms with Crippen molar-refractivity contribution in [3.05, 3.63) is 28.2 Å². The fourth-order valence-corrected chi connectivity index (χ4v) is 3.01. The lowest BCUT2D eigenvalue weighted by Crippen LogP contribution is -2.58. The molecule has 0 spiro atoms. The van der Waals surface area contributed by atoms with E-state index in [4.69, 9.17) is 5.73 Å². The Balaban J connectivity index is 2.33. The highest BCUT2D eigenvalue weighted by molar-refractivity contribution is 9.10. The molecule has 1 aromatic carbocycles. The second kappa shape index (κ2) is 6.44. The zero-order valence-corrected chi connectivity index (χ0v) is 13.7. The van der Waals surface area contributed by atoms with Gasteiger partial charge in [0.1, 0.15) is 6.04 Å². The van der Waals surface area contributed by atoms with Gasteiger partial charge in [-0.2, -0.15) is 0 Å². The largest absolute Gasteiger partial charge is 0.366 e. The summed E-state index contributed by atoms with van der Waals surface area (Å²) in [5.74, 6) is -0.420. The van der Waals surface area contributed by atoms with E-state index < -0.39 is 5.91 Å². The second-order valence-electron chi connectivity index (χ2n) is 5.18. The third kappa shape index (κ3) is 3.36. The summed E-state index contributed by atoms with van der Waals surface area (Å²) in [4.78, 5) is 27.2. The topological polar surface area (TPSA) is 78.7 Å². The Hall–Kier alpha value is -1.60. The van der Waals surface area contributed by atoms with Crippen molar-refractivity contribution >= 4 is 33.4 Å². The first-order valence-electron chi connectivity index (χ1n) is 6.69. The molecule has 1 unspecified atom stereocenters. The minimum atomic E-state index is -0.469. The number of primary amides is 1. The number of anilines is 1. The molecule has 21 heavy (non-hydrogen) atoms. The van der Waals surface area contributed by atoms with Gasteiger partial charge in [0.15, 0.2) is 0 Å². The summed E-state index contributed by atoms with van der Waals surface area (Å²) in [5, 5.41) is 3.24. The molecular formula is C14H19BrN4O2. The van der Waals surface area contributed by atoms with E-state index in [-0.39, 0.29) is 11.9 Å². The molecule has 1 fully saturated rings. The Morgan fingerprint density at radius 3 is 2.71 bits per heavy atom. The van der Waals surface area contributed by atoms with Crippen LogP contribution in [-0.2, 0) is 4.79 Å². The van der Waals surface area contributed by atoms with E-state index in [1.807, 2.05) is 11.0 Å². The van der Waals surface area contributed by atoms with Gasteiger partial charge in [0.05, 0.1) is 5.69 Å². The number of hydrogen-bond donors (Lipinski definition) is 2. The highest BCUT2D eigenvalue weighted by Crippen LogP contribution is 2.29. The van der Waals surface area contributed by atoms with E-state index >= 15 is 0 Å². The van der Waals surface area contributed by atoms with E-state index in [2.05, 4.69) is 21.2 Å². The van der Waals surface area contributed by atoms with Crippen molar-refractivity contribution in [2.24, 2.45) is 5.73 Å². The van der Waals surface area contributed by atoms with Gasteiger partial charge >= 0.3 is 0 Å². The molecule has 0 bridgehead atoms. The first-order valence-corrected chi connectivity index (χ1v) is 7.49. The molecule has 1 saturated heterocycles. The lowest BCUT2D eigenvalue weighted by Gasteiger charge is -2.38. The molecule has 1 heterocycles. The summed E-state index contributed by atoms with van der Waals surface area (Å²) in [6.07, 6.45) is 0. The standard InChI is InChI=1S/C14H19BrN4O2/c1-18(2)14(21)12-8-17-5-6-19(12)11-4-3-9(13(16)20)7-10(11)15/h3-4,7,12,17H,5-6,8H2,1-2H3,(H2,16,20). The number of nitrogens with one attached hydrogen (secondary N) is 1. The van der Waals surface area contributed by atoms with E-state index in [1.165, 1.54) is 0 Å². The Labute approximate surface area is 132 Å². The molecule has 114 valence electrons. The number of likely N-dealkylation sites (N-methyl/N-ethyl adjacent to an activating group) is 1. The first-order chi connectivity index (χ1) is 9.91. The van der Waals surface area contributed by atoms with Crippen LogP contribution in [0.2, 0.25) is 0 Å². The monoisotopic (exact) mass is 354 g/mol. The van der Waals surface area contributed by atoms with Gasteiger partial charge in [-0.25, -0.2) is 0 Å². The number of halogens is 1. The Morgan fingerprint density at radius 1 is 1.43 bits per heavy atom. The minimum absolute atomic E-state index is 0.0491. The summed E-state index contributed by atoms with van der Waals surface area (Å²) < 4.78 is 0.761. The summed E-state index contributed by atoms with van der Waals surface area (Å²) in [6.45, 7) is 2.13. The Kier molecular flexibility index (Phi) is 4.84. The molecule has 0 aliphatic carbocycles. The van der Waals surface area contributed by atoms with Crippen molar-refractivity contribution in [1.29, 1.82) is 0 Å². The fourth-order valence-electron chi connectivity index (χ4n) is 2.40. The van der Waals surface area contributed by atoms with E-state index in [9.17, 15) is 9.59 Å². The van der Waals surface area contributed by atoms with E-state index in [1.54, 1.807) is 31.1 Å². The normalized spacial score (nSPS) is 18.4. The van der Waals surface area contributed by atoms with Gasteiger partial charge in [0, 0.05) is 43.8 Å². The molecule has 7 heteroatoms. The SMILES string of the molecule is CN(C)C(=O)C1CNCCN1c1ccc(C(N)=O)cc1Br. The van der Waals surface area contributed by atoms with Crippen molar-refractivity contribution in [1.82, 2.24) is 10.2 Å². The molecule has 0 aromatic heterocycles. The maximum atomic E-state index is 12.3. The number of rotatable bonds is 3. The molecule has 1 aliphatic rings. The van der Waals surface area contributed by atoms with Crippen LogP contribution in [0, 0.1) is 0 Å². The van der Waals surface area contributed by atoms with E-state index in [0.29, 0.717) is 12.1 Å². The van der Waals surface area contributed by atoms with Crippen molar-refractivity contribution in [2.45, 2.75) is 6.04 Å². The molecular weight excluding hydrogens is 336 g/mol. The molecule has 1 atom stereocenters.